The number of fused-ring (bicyclic) bond motifs is 2. The molecule has 2 aromatic heterocycles. The average Bonchev–Trinajstić information content (AvgIpc) is 2.88. The maximum atomic E-state index is 12.6. The van der Waals surface area contributed by atoms with Crippen molar-refractivity contribution in [1.29, 1.82) is 0 Å². The molecule has 184 valence electrons. The maximum Gasteiger partial charge on any atom is 0.269 e. The van der Waals surface area contributed by atoms with Crippen molar-refractivity contribution in [1.82, 2.24) is 24.8 Å². The number of carbonyl (C=O) groups excluding carboxylic acids is 1. The van der Waals surface area contributed by atoms with E-state index >= 15 is 0 Å². The van der Waals surface area contributed by atoms with Crippen molar-refractivity contribution in [2.45, 2.75) is 50.9 Å². The summed E-state index contributed by atoms with van der Waals surface area (Å²) < 4.78 is 12.3. The van der Waals surface area contributed by atoms with Crippen LogP contribution in [-0.4, -0.2) is 51.2 Å². The Morgan fingerprint density at radius 1 is 1.23 bits per heavy atom. The molecule has 4 N–H and O–H groups in total. The van der Waals surface area contributed by atoms with Gasteiger partial charge in [0.25, 0.3) is 11.5 Å². The van der Waals surface area contributed by atoms with E-state index in [1.807, 2.05) is 18.2 Å². The zero-order chi connectivity index (χ0) is 24.4. The van der Waals surface area contributed by atoms with Gasteiger partial charge in [0, 0.05) is 24.7 Å². The second kappa shape index (κ2) is 9.96. The van der Waals surface area contributed by atoms with Gasteiger partial charge in [-0.25, -0.2) is 15.0 Å². The molecule has 0 spiro atoms. The lowest BCUT2D eigenvalue weighted by atomic mass is 9.81. The van der Waals surface area contributed by atoms with Crippen molar-refractivity contribution in [3.63, 3.8) is 0 Å². The predicted molar refractivity (Wildman–Crippen MR) is 129 cm³/mol. The van der Waals surface area contributed by atoms with Gasteiger partial charge in [0.15, 0.2) is 18.2 Å². The summed E-state index contributed by atoms with van der Waals surface area (Å²) in [5.74, 6) is 2.29. The van der Waals surface area contributed by atoms with Gasteiger partial charge in [-0.2, -0.15) is 0 Å². The van der Waals surface area contributed by atoms with Gasteiger partial charge in [0.1, 0.15) is 11.6 Å². The molecule has 2 aliphatic rings. The number of aromatic nitrogens is 4. The molecule has 11 nitrogen and oxygen atoms in total. The maximum absolute atomic E-state index is 12.6. The monoisotopic (exact) mass is 479 g/mol. The number of hydrogen-bond donors (Lipinski definition) is 3. The molecule has 1 unspecified atom stereocenters. The highest BCUT2D eigenvalue weighted by molar-refractivity contribution is 5.94. The summed E-state index contributed by atoms with van der Waals surface area (Å²) in [6.45, 7) is 0.925. The highest BCUT2D eigenvalue weighted by Gasteiger charge is 2.27. The molecule has 11 heteroatoms. The smallest absolute Gasteiger partial charge is 0.269 e. The van der Waals surface area contributed by atoms with Crippen LogP contribution in [0.4, 0.5) is 5.82 Å². The number of amides is 1. The largest absolute Gasteiger partial charge is 0.497 e. The standard InChI is InChI=1S/C24H29N7O4/c1-34-16-6-7-18-19(8-16)31(23(33)11-27-18)12-17(25)14-2-4-15(5-3-14)26-10-21-28-9-20-24(29-21)30-22(32)13-35-20/h6-9,11,14-15,17,26H,2-5,10,12-13,25H2,1H3,(H,28,29,30,32)/t14-,15-,17?. The van der Waals surface area contributed by atoms with Gasteiger partial charge in [0.2, 0.25) is 0 Å². The van der Waals surface area contributed by atoms with Gasteiger partial charge in [0.05, 0.1) is 37.1 Å². The van der Waals surface area contributed by atoms with Crippen LogP contribution in [0.15, 0.2) is 35.4 Å². The fourth-order valence-electron chi connectivity index (χ4n) is 4.80. The van der Waals surface area contributed by atoms with Gasteiger partial charge >= 0.3 is 0 Å². The van der Waals surface area contributed by atoms with Gasteiger partial charge in [-0.3, -0.25) is 9.59 Å². The van der Waals surface area contributed by atoms with Crippen LogP contribution in [0.3, 0.4) is 0 Å². The molecule has 1 atom stereocenters. The number of nitrogens with zero attached hydrogens (tertiary/aromatic N) is 4. The normalized spacial score (nSPS) is 20.6. The minimum absolute atomic E-state index is 0.0143. The second-order valence-corrected chi connectivity index (χ2v) is 9.05. The van der Waals surface area contributed by atoms with Gasteiger partial charge in [-0.05, 0) is 43.7 Å². The van der Waals surface area contributed by atoms with Crippen LogP contribution in [0.5, 0.6) is 11.5 Å². The van der Waals surface area contributed by atoms with Crippen LogP contribution in [0.25, 0.3) is 11.0 Å². The summed E-state index contributed by atoms with van der Waals surface area (Å²) in [6.07, 6.45) is 6.83. The van der Waals surface area contributed by atoms with Crippen LogP contribution in [0.2, 0.25) is 0 Å². The van der Waals surface area contributed by atoms with E-state index in [1.165, 1.54) is 6.20 Å². The van der Waals surface area contributed by atoms with E-state index in [9.17, 15) is 9.59 Å². The van der Waals surface area contributed by atoms with Gasteiger partial charge in [-0.15, -0.1) is 0 Å². The molecule has 3 aromatic rings. The third-order valence-electron chi connectivity index (χ3n) is 6.79. The highest BCUT2D eigenvalue weighted by atomic mass is 16.5. The first-order valence-corrected chi connectivity index (χ1v) is 11.8. The van der Waals surface area contributed by atoms with Crippen LogP contribution in [0.1, 0.15) is 31.5 Å². The summed E-state index contributed by atoms with van der Waals surface area (Å²) in [5.41, 5.74) is 7.90. The average molecular weight is 480 g/mol. The van der Waals surface area contributed by atoms with E-state index in [1.54, 1.807) is 17.9 Å². The fraction of sp³-hybridized carbons (Fsp3) is 0.458. The molecule has 1 aromatic carbocycles. The molecular weight excluding hydrogens is 450 g/mol. The number of ether oxygens (including phenoxy) is 2. The number of anilines is 1. The van der Waals surface area contributed by atoms with Crippen LogP contribution in [-0.2, 0) is 17.9 Å². The van der Waals surface area contributed by atoms with E-state index in [0.717, 1.165) is 36.7 Å². The van der Waals surface area contributed by atoms with E-state index < -0.39 is 0 Å². The Bertz CT molecular complexity index is 1290. The van der Waals surface area contributed by atoms with Gasteiger partial charge in [-0.1, -0.05) is 0 Å². The first kappa shape index (κ1) is 23.2. The Balaban J connectivity index is 1.17. The molecule has 1 aliphatic heterocycles. The van der Waals surface area contributed by atoms with Gasteiger partial charge < -0.3 is 30.4 Å². The lowest BCUT2D eigenvalue weighted by Crippen LogP contribution is -2.42. The lowest BCUT2D eigenvalue weighted by Gasteiger charge is -2.33. The SMILES string of the molecule is COc1ccc2ncc(=O)n(CC(N)[C@H]3CC[C@H](NCc4ncc5c(n4)NC(=O)CO5)CC3)c2c1. The molecule has 1 aliphatic carbocycles. The Hall–Kier alpha value is -3.57. The number of benzene rings is 1. The molecule has 3 heterocycles. The molecular formula is C24H29N7O4. The topological polar surface area (TPSA) is 146 Å². The molecule has 35 heavy (non-hydrogen) atoms. The zero-order valence-electron chi connectivity index (χ0n) is 19.6. The predicted octanol–water partition coefficient (Wildman–Crippen LogP) is 1.20. The summed E-state index contributed by atoms with van der Waals surface area (Å²) in [5, 5.41) is 6.22. The highest BCUT2D eigenvalue weighted by Crippen LogP contribution is 2.28. The third-order valence-corrected chi connectivity index (χ3v) is 6.79. The van der Waals surface area contributed by atoms with Crippen molar-refractivity contribution in [3.8, 4) is 11.5 Å². The van der Waals surface area contributed by atoms with Crippen LogP contribution < -0.4 is 31.4 Å². The molecule has 0 bridgehead atoms. The van der Waals surface area contributed by atoms with Crippen molar-refractivity contribution >= 4 is 22.8 Å². The number of nitrogens with two attached hydrogens (primary N) is 1. The summed E-state index contributed by atoms with van der Waals surface area (Å²) in [6, 6.07) is 5.70. The zero-order valence-corrected chi connectivity index (χ0v) is 19.6. The van der Waals surface area contributed by atoms with Crippen LogP contribution in [0, 0.1) is 5.92 Å². The Kier molecular flexibility index (Phi) is 6.60. The molecule has 1 fully saturated rings. The second-order valence-electron chi connectivity index (χ2n) is 9.05. The van der Waals surface area contributed by atoms with E-state index in [0.29, 0.717) is 48.2 Å². The van der Waals surface area contributed by atoms with E-state index in [2.05, 4.69) is 25.6 Å². The summed E-state index contributed by atoms with van der Waals surface area (Å²) in [4.78, 5) is 37.0. The van der Waals surface area contributed by atoms with Crippen LogP contribution >= 0.6 is 0 Å². The quantitative estimate of drug-likeness (QED) is 0.455. The first-order valence-electron chi connectivity index (χ1n) is 11.8. The Labute approximate surface area is 202 Å². The number of carbonyl (C=O) groups is 1. The first-order chi connectivity index (χ1) is 17.0. The molecule has 0 radical (unpaired) electrons. The van der Waals surface area contributed by atoms with Crippen molar-refractivity contribution in [2.24, 2.45) is 11.7 Å². The molecule has 0 saturated heterocycles. The fourth-order valence-corrected chi connectivity index (χ4v) is 4.80. The van der Waals surface area contributed by atoms with E-state index in [-0.39, 0.29) is 24.1 Å². The third kappa shape index (κ3) is 5.10. The molecule has 1 saturated carbocycles. The minimum Gasteiger partial charge on any atom is -0.497 e. The van der Waals surface area contributed by atoms with E-state index in [4.69, 9.17) is 15.2 Å². The minimum atomic E-state index is -0.217. The van der Waals surface area contributed by atoms with Crippen molar-refractivity contribution < 1.29 is 14.3 Å². The Morgan fingerprint density at radius 2 is 2.06 bits per heavy atom. The summed E-state index contributed by atoms with van der Waals surface area (Å²) in [7, 11) is 1.60. The molecule has 1 amide bonds. The number of methoxy groups -OCH3 is 1. The molecule has 5 rings (SSSR count). The summed E-state index contributed by atoms with van der Waals surface area (Å²) >= 11 is 0. The van der Waals surface area contributed by atoms with Crippen molar-refractivity contribution in [2.75, 3.05) is 19.0 Å². The number of hydrogen-bond acceptors (Lipinski definition) is 9. The Morgan fingerprint density at radius 3 is 2.86 bits per heavy atom. The lowest BCUT2D eigenvalue weighted by molar-refractivity contribution is -0.118. The number of rotatable bonds is 7. The number of nitrogens with one attached hydrogen (secondary N) is 2. The van der Waals surface area contributed by atoms with Crippen molar-refractivity contribution in [3.05, 3.63) is 46.8 Å².